The first-order valence-corrected chi connectivity index (χ1v) is 5.39. The first kappa shape index (κ1) is 10.6. The monoisotopic (exact) mass is 207 g/mol. The van der Waals surface area contributed by atoms with E-state index >= 15 is 0 Å². The zero-order valence-corrected chi connectivity index (χ0v) is 8.78. The Morgan fingerprint density at radius 2 is 2.27 bits per heavy atom. The van der Waals surface area contributed by atoms with E-state index in [1.54, 1.807) is 0 Å². The van der Waals surface area contributed by atoms with Crippen molar-refractivity contribution < 1.29 is 9.84 Å². The molecule has 1 heterocycles. The van der Waals surface area contributed by atoms with Crippen LogP contribution in [-0.4, -0.2) is 18.3 Å². The highest BCUT2D eigenvalue weighted by Crippen LogP contribution is 2.23. The third kappa shape index (κ3) is 2.37. The van der Waals surface area contributed by atoms with E-state index in [0.717, 1.165) is 18.6 Å². The van der Waals surface area contributed by atoms with Crippen LogP contribution in [0.25, 0.3) is 0 Å². The van der Waals surface area contributed by atoms with E-state index < -0.39 is 6.10 Å². The summed E-state index contributed by atoms with van der Waals surface area (Å²) in [5.41, 5.74) is 8.94. The topological polar surface area (TPSA) is 55.5 Å². The molecular formula is C12H17NO2. The molecule has 0 radical (unpaired) electrons. The van der Waals surface area contributed by atoms with Crippen molar-refractivity contribution in [3.05, 3.63) is 34.9 Å². The largest absolute Gasteiger partial charge is 0.388 e. The molecule has 3 nitrogen and oxygen atoms in total. The normalized spacial score (nSPS) is 17.2. The highest BCUT2D eigenvalue weighted by molar-refractivity contribution is 5.33. The second-order valence-corrected chi connectivity index (χ2v) is 3.92. The number of hydrogen-bond donors (Lipinski definition) is 2. The van der Waals surface area contributed by atoms with Gasteiger partial charge in [0.25, 0.3) is 0 Å². The number of ether oxygens (including phenoxy) is 1. The lowest BCUT2D eigenvalue weighted by Crippen LogP contribution is -2.12. The van der Waals surface area contributed by atoms with Crippen LogP contribution in [0.1, 0.15) is 29.2 Å². The van der Waals surface area contributed by atoms with Crippen LogP contribution in [0.4, 0.5) is 0 Å². The van der Waals surface area contributed by atoms with Gasteiger partial charge in [-0.3, -0.25) is 0 Å². The predicted molar refractivity (Wildman–Crippen MR) is 58.4 cm³/mol. The summed E-state index contributed by atoms with van der Waals surface area (Å²) in [4.78, 5) is 0. The molecule has 0 aliphatic carbocycles. The maximum atomic E-state index is 9.81. The summed E-state index contributed by atoms with van der Waals surface area (Å²) in [7, 11) is 0. The second kappa shape index (κ2) is 4.75. The van der Waals surface area contributed by atoms with Crippen LogP contribution in [0.3, 0.4) is 0 Å². The molecule has 2 rings (SSSR count). The van der Waals surface area contributed by atoms with Crippen LogP contribution in [0, 0.1) is 0 Å². The summed E-state index contributed by atoms with van der Waals surface area (Å²) in [6.07, 6.45) is 1.14. The third-order valence-electron chi connectivity index (χ3n) is 2.83. The van der Waals surface area contributed by atoms with Gasteiger partial charge in [0.05, 0.1) is 19.3 Å². The van der Waals surface area contributed by atoms with Gasteiger partial charge < -0.3 is 15.6 Å². The van der Waals surface area contributed by atoms with Gasteiger partial charge in [-0.2, -0.15) is 0 Å². The van der Waals surface area contributed by atoms with Gasteiger partial charge in [-0.25, -0.2) is 0 Å². The Labute approximate surface area is 89.9 Å². The van der Waals surface area contributed by atoms with E-state index in [2.05, 4.69) is 6.07 Å². The fraction of sp³-hybridized carbons (Fsp3) is 0.500. The molecule has 1 aromatic rings. The number of aliphatic hydroxyl groups is 1. The molecule has 3 heteroatoms. The quantitative estimate of drug-likeness (QED) is 0.781. The Morgan fingerprint density at radius 3 is 3.07 bits per heavy atom. The summed E-state index contributed by atoms with van der Waals surface area (Å²) >= 11 is 0. The summed E-state index contributed by atoms with van der Waals surface area (Å²) in [6.45, 7) is 1.99. The van der Waals surface area contributed by atoms with Crippen LogP contribution < -0.4 is 5.73 Å². The predicted octanol–water partition coefficient (Wildman–Crippen LogP) is 1.14. The van der Waals surface area contributed by atoms with Crippen molar-refractivity contribution in [2.75, 3.05) is 13.2 Å². The van der Waals surface area contributed by atoms with Crippen LogP contribution in [0.2, 0.25) is 0 Å². The number of hydrogen-bond acceptors (Lipinski definition) is 3. The van der Waals surface area contributed by atoms with Crippen molar-refractivity contribution in [3.8, 4) is 0 Å². The van der Waals surface area contributed by atoms with Crippen molar-refractivity contribution in [2.24, 2.45) is 5.73 Å². The van der Waals surface area contributed by atoms with E-state index in [0.29, 0.717) is 19.6 Å². The van der Waals surface area contributed by atoms with E-state index in [1.807, 2.05) is 12.1 Å². The van der Waals surface area contributed by atoms with Gasteiger partial charge in [-0.1, -0.05) is 18.2 Å². The Bertz CT molecular complexity index is 338. The second-order valence-electron chi connectivity index (χ2n) is 3.92. The number of rotatable bonds is 3. The summed E-state index contributed by atoms with van der Waals surface area (Å²) in [5, 5.41) is 9.81. The van der Waals surface area contributed by atoms with Crippen molar-refractivity contribution in [2.45, 2.75) is 25.6 Å². The summed E-state index contributed by atoms with van der Waals surface area (Å²) < 4.78 is 5.36. The molecule has 0 amide bonds. The first-order valence-electron chi connectivity index (χ1n) is 5.39. The molecule has 1 unspecified atom stereocenters. The van der Waals surface area contributed by atoms with Gasteiger partial charge in [-0.05, 0) is 36.1 Å². The minimum atomic E-state index is -0.428. The number of aliphatic hydroxyl groups excluding tert-OH is 1. The minimum Gasteiger partial charge on any atom is -0.388 e. The molecule has 0 aromatic heterocycles. The molecule has 1 atom stereocenters. The van der Waals surface area contributed by atoms with E-state index in [9.17, 15) is 5.11 Å². The van der Waals surface area contributed by atoms with Crippen LogP contribution in [-0.2, 0) is 17.8 Å². The lowest BCUT2D eigenvalue weighted by molar-refractivity contribution is 0.110. The lowest BCUT2D eigenvalue weighted by Gasteiger charge is -2.18. The van der Waals surface area contributed by atoms with E-state index in [1.165, 1.54) is 11.1 Å². The maximum absolute atomic E-state index is 9.81. The summed E-state index contributed by atoms with van der Waals surface area (Å²) in [5.74, 6) is 0. The molecule has 0 saturated carbocycles. The molecule has 0 saturated heterocycles. The van der Waals surface area contributed by atoms with Crippen LogP contribution in [0.15, 0.2) is 18.2 Å². The third-order valence-corrected chi connectivity index (χ3v) is 2.83. The van der Waals surface area contributed by atoms with Gasteiger partial charge in [0.15, 0.2) is 0 Å². The average Bonchev–Trinajstić information content (AvgIpc) is 2.29. The van der Waals surface area contributed by atoms with E-state index in [-0.39, 0.29) is 0 Å². The van der Waals surface area contributed by atoms with Gasteiger partial charge in [0, 0.05) is 0 Å². The molecule has 0 spiro atoms. The van der Waals surface area contributed by atoms with Crippen molar-refractivity contribution in [3.63, 3.8) is 0 Å². The van der Waals surface area contributed by atoms with Crippen molar-refractivity contribution >= 4 is 0 Å². The van der Waals surface area contributed by atoms with Crippen molar-refractivity contribution in [1.82, 2.24) is 0 Å². The molecule has 15 heavy (non-hydrogen) atoms. The zero-order valence-electron chi connectivity index (χ0n) is 8.78. The van der Waals surface area contributed by atoms with Crippen molar-refractivity contribution in [1.29, 1.82) is 0 Å². The van der Waals surface area contributed by atoms with Gasteiger partial charge in [0.2, 0.25) is 0 Å². The molecule has 0 bridgehead atoms. The Balaban J connectivity index is 2.20. The fourth-order valence-electron chi connectivity index (χ4n) is 1.92. The number of nitrogens with two attached hydrogens (primary N) is 1. The highest BCUT2D eigenvalue weighted by Gasteiger charge is 2.12. The SMILES string of the molecule is NCCC(O)c1ccc2c(c1)CCOC2. The first-order chi connectivity index (χ1) is 7.31. The molecule has 1 aliphatic heterocycles. The maximum Gasteiger partial charge on any atom is 0.0802 e. The zero-order chi connectivity index (χ0) is 10.7. The highest BCUT2D eigenvalue weighted by atomic mass is 16.5. The molecule has 0 fully saturated rings. The number of benzene rings is 1. The minimum absolute atomic E-state index is 0.428. The Hall–Kier alpha value is -0.900. The van der Waals surface area contributed by atoms with Crippen LogP contribution in [0.5, 0.6) is 0 Å². The Kier molecular flexibility index (Phi) is 3.36. The van der Waals surface area contributed by atoms with E-state index in [4.69, 9.17) is 10.5 Å². The van der Waals surface area contributed by atoms with Gasteiger partial charge >= 0.3 is 0 Å². The fourth-order valence-corrected chi connectivity index (χ4v) is 1.92. The number of fused-ring (bicyclic) bond motifs is 1. The van der Waals surface area contributed by atoms with Gasteiger partial charge in [-0.15, -0.1) is 0 Å². The lowest BCUT2D eigenvalue weighted by atomic mass is 9.97. The molecule has 1 aromatic carbocycles. The Morgan fingerprint density at radius 1 is 1.40 bits per heavy atom. The molecule has 1 aliphatic rings. The standard InChI is InChI=1S/C12H17NO2/c13-5-3-12(14)10-1-2-11-8-15-6-4-9(11)7-10/h1-2,7,12,14H,3-6,8,13H2. The molecular weight excluding hydrogens is 190 g/mol. The molecule has 3 N–H and O–H groups in total. The average molecular weight is 207 g/mol. The molecule has 82 valence electrons. The van der Waals surface area contributed by atoms with Gasteiger partial charge in [0.1, 0.15) is 0 Å². The smallest absolute Gasteiger partial charge is 0.0802 e. The summed E-state index contributed by atoms with van der Waals surface area (Å²) in [6, 6.07) is 6.09. The van der Waals surface area contributed by atoms with Crippen LogP contribution >= 0.6 is 0 Å².